The summed E-state index contributed by atoms with van der Waals surface area (Å²) in [7, 11) is 9.44. The summed E-state index contributed by atoms with van der Waals surface area (Å²) >= 11 is 0. The molecule has 2 heterocycles. The number of ether oxygens (including phenoxy) is 7. The number of nitrogens with one attached hydrogen (secondary N) is 2. The molecule has 0 bridgehead atoms. The van der Waals surface area contributed by atoms with Gasteiger partial charge >= 0.3 is 11.9 Å². The molecule has 23 heteroatoms. The Labute approximate surface area is 495 Å². The van der Waals surface area contributed by atoms with Crippen molar-refractivity contribution in [3.63, 3.8) is 0 Å². The molecule has 2 aliphatic heterocycles. The molecule has 4 N–H and O–H groups in total. The van der Waals surface area contributed by atoms with Crippen molar-refractivity contribution in [2.45, 2.75) is 104 Å². The Balaban J connectivity index is 0.000000228. The topological polar surface area (TPSA) is 279 Å². The fourth-order valence-corrected chi connectivity index (χ4v) is 11.1. The van der Waals surface area contributed by atoms with Gasteiger partial charge in [-0.15, -0.1) is 0 Å². The second-order valence-corrected chi connectivity index (χ2v) is 20.8. The molecule has 8 rings (SSSR count). The smallest absolute Gasteiger partial charge is 0.311 e. The molecule has 2 saturated heterocycles. The van der Waals surface area contributed by atoms with Gasteiger partial charge in [0.1, 0.15) is 11.5 Å². The SMILES string of the molecule is CC(=O)N1CCN(C(=O)CCCC(=O)O)CC1.COc1cc2c(c(OC)c1OC)-c1ccc(O)cc1[C@@H](NC(C)=O)CC2.COc1cc2c(c(OC)c1OC)-c1ccc(OC(=O)CCCC(=O)N3CCN(C(C)=O)CC3)cc1[C@@H](NC(C)=O)CC2. The summed E-state index contributed by atoms with van der Waals surface area (Å²) in [6.07, 6.45) is 4.00. The number of hydrogen-bond donors (Lipinski definition) is 4. The van der Waals surface area contributed by atoms with Gasteiger partial charge in [-0.25, -0.2) is 0 Å². The van der Waals surface area contributed by atoms with Crippen LogP contribution in [0.2, 0.25) is 0 Å². The number of carbonyl (C=O) groups is 8. The summed E-state index contributed by atoms with van der Waals surface area (Å²) in [6.45, 7) is 10.3. The van der Waals surface area contributed by atoms with Crippen molar-refractivity contribution < 1.29 is 81.7 Å². The lowest BCUT2D eigenvalue weighted by molar-refractivity contribution is -0.140. The summed E-state index contributed by atoms with van der Waals surface area (Å²) in [5.41, 5.74) is 7.12. The van der Waals surface area contributed by atoms with Crippen molar-refractivity contribution in [2.24, 2.45) is 0 Å². The number of nitrogens with zero attached hydrogens (tertiary/aromatic N) is 4. The van der Waals surface area contributed by atoms with E-state index in [1.54, 1.807) is 86.5 Å². The number of aliphatic carboxylic acids is 1. The highest BCUT2D eigenvalue weighted by molar-refractivity contribution is 5.86. The minimum atomic E-state index is -0.876. The molecule has 2 atom stereocenters. The lowest BCUT2D eigenvalue weighted by atomic mass is 9.93. The zero-order valence-electron chi connectivity index (χ0n) is 50.3. The number of aromatic hydroxyl groups is 1. The van der Waals surface area contributed by atoms with E-state index >= 15 is 0 Å². The van der Waals surface area contributed by atoms with Gasteiger partial charge in [-0.05, 0) is 108 Å². The fraction of sp³-hybridized carbons (Fsp3) is 0.484. The second-order valence-electron chi connectivity index (χ2n) is 20.8. The van der Waals surface area contributed by atoms with Crippen molar-refractivity contribution in [2.75, 3.05) is 95.0 Å². The monoisotopic (exact) mass is 1180 g/mol. The molecule has 4 aromatic carbocycles. The first-order valence-electron chi connectivity index (χ1n) is 28.3. The fourth-order valence-electron chi connectivity index (χ4n) is 11.1. The predicted molar refractivity (Wildman–Crippen MR) is 313 cm³/mol. The molecular weight excluding hydrogens is 1100 g/mol. The van der Waals surface area contributed by atoms with Gasteiger partial charge in [0.15, 0.2) is 23.0 Å². The molecule has 23 nitrogen and oxygen atoms in total. The van der Waals surface area contributed by atoms with Gasteiger partial charge in [0.05, 0.1) is 54.7 Å². The quantitative estimate of drug-likeness (QED) is 0.0656. The third kappa shape index (κ3) is 16.7. The third-order valence-corrected chi connectivity index (χ3v) is 15.3. The van der Waals surface area contributed by atoms with Gasteiger partial charge in [-0.2, -0.15) is 0 Å². The van der Waals surface area contributed by atoms with E-state index in [0.717, 1.165) is 44.5 Å². The van der Waals surface area contributed by atoms with Crippen LogP contribution in [0.1, 0.15) is 113 Å². The third-order valence-electron chi connectivity index (χ3n) is 15.3. The molecule has 2 aliphatic carbocycles. The Morgan fingerprint density at radius 3 is 1.28 bits per heavy atom. The van der Waals surface area contributed by atoms with Crippen molar-refractivity contribution in [1.82, 2.24) is 30.2 Å². The predicted octanol–water partition coefficient (Wildman–Crippen LogP) is 6.41. The van der Waals surface area contributed by atoms with Crippen molar-refractivity contribution in [3.05, 3.63) is 70.8 Å². The lowest BCUT2D eigenvalue weighted by Crippen LogP contribution is -2.50. The van der Waals surface area contributed by atoms with E-state index in [-0.39, 0.29) is 79.0 Å². The summed E-state index contributed by atoms with van der Waals surface area (Å²) in [4.78, 5) is 101. The van der Waals surface area contributed by atoms with Crippen LogP contribution < -0.4 is 43.8 Å². The number of fused-ring (bicyclic) bond motifs is 6. The maximum atomic E-state index is 12.7. The highest BCUT2D eigenvalue weighted by atomic mass is 16.5. The number of carbonyl (C=O) groups excluding carboxylic acids is 7. The first-order valence-corrected chi connectivity index (χ1v) is 28.3. The van der Waals surface area contributed by atoms with E-state index in [1.807, 2.05) is 24.3 Å². The second kappa shape index (κ2) is 30.7. The van der Waals surface area contributed by atoms with E-state index in [4.69, 9.17) is 38.3 Å². The van der Waals surface area contributed by atoms with Gasteiger partial charge in [0, 0.05) is 117 Å². The molecule has 4 aliphatic rings. The van der Waals surface area contributed by atoms with Crippen LogP contribution in [0.4, 0.5) is 0 Å². The Bertz CT molecular complexity index is 3090. The lowest BCUT2D eigenvalue weighted by Gasteiger charge is -2.34. The van der Waals surface area contributed by atoms with E-state index in [9.17, 15) is 43.5 Å². The number of phenols is 1. The number of carboxylic acids is 1. The number of esters is 1. The standard InChI is InChI=1S/C31H39N3O8.C20H23NO5.C11H18N2O4/c1-19(35)32-25-12-9-21-17-26(39-3)30(40-4)31(41-5)29(21)23-11-10-22(18-24(23)25)42-28(38)8-6-7-27(37)34-15-13-33(14-16-34)20(2)36;1-11(22)21-16-8-5-12-9-17(24-2)19(25-3)20(26-4)18(12)14-7-6-13(23)10-15(14)16;1-9(14)12-5-7-13(8-6-12)10(15)3-2-4-11(16)17/h10-11,17-18,25H,6-9,12-16H2,1-5H3,(H,32,35);6-7,9-10,16,23H,5,8H2,1-4H3,(H,21,22);2-8H2,1H3,(H,16,17)/t25-;16-;/m00./s1. The Hall–Kier alpha value is -8.76. The molecule has 6 amide bonds. The maximum Gasteiger partial charge on any atom is 0.311 e. The van der Waals surface area contributed by atoms with Gasteiger partial charge in [-0.3, -0.25) is 38.4 Å². The summed E-state index contributed by atoms with van der Waals surface area (Å²) < 4.78 is 39.3. The highest BCUT2D eigenvalue weighted by Crippen LogP contribution is 2.52. The average molecular weight is 1180 g/mol. The largest absolute Gasteiger partial charge is 0.508 e. The zero-order valence-corrected chi connectivity index (χ0v) is 50.3. The number of rotatable bonds is 17. The number of amides is 6. The van der Waals surface area contributed by atoms with Gasteiger partial charge in [-0.1, -0.05) is 12.1 Å². The van der Waals surface area contributed by atoms with E-state index in [2.05, 4.69) is 10.6 Å². The van der Waals surface area contributed by atoms with E-state index in [1.165, 1.54) is 27.7 Å². The normalized spacial score (nSPS) is 15.7. The number of carboxylic acid groups (broad SMARTS) is 1. The van der Waals surface area contributed by atoms with E-state index < -0.39 is 11.9 Å². The van der Waals surface area contributed by atoms with Crippen LogP contribution in [0.3, 0.4) is 0 Å². The number of aryl methyl sites for hydroxylation is 2. The Kier molecular flexibility index (Phi) is 23.6. The van der Waals surface area contributed by atoms with Crippen LogP contribution in [0.15, 0.2) is 48.5 Å². The maximum absolute atomic E-state index is 12.7. The van der Waals surface area contributed by atoms with Gasteiger partial charge in [0.25, 0.3) is 0 Å². The Morgan fingerprint density at radius 1 is 0.494 bits per heavy atom. The first-order chi connectivity index (χ1) is 40.7. The summed E-state index contributed by atoms with van der Waals surface area (Å²) in [5.74, 6) is 2.12. The van der Waals surface area contributed by atoms with Crippen molar-refractivity contribution >= 4 is 47.4 Å². The van der Waals surface area contributed by atoms with Crippen LogP contribution in [0, 0.1) is 0 Å². The molecule has 0 saturated carbocycles. The minimum Gasteiger partial charge on any atom is -0.508 e. The number of hydrogen-bond acceptors (Lipinski definition) is 16. The molecule has 460 valence electrons. The Morgan fingerprint density at radius 2 is 0.894 bits per heavy atom. The molecule has 85 heavy (non-hydrogen) atoms. The minimum absolute atomic E-state index is 0.00865. The van der Waals surface area contributed by atoms with Crippen LogP contribution in [0.5, 0.6) is 46.0 Å². The molecule has 4 aromatic rings. The first kappa shape index (κ1) is 65.4. The average Bonchev–Trinajstić information content (AvgIpc) is 2.11. The van der Waals surface area contributed by atoms with Crippen LogP contribution >= 0.6 is 0 Å². The number of phenolic OH excluding ortho intramolecular Hbond substituents is 1. The molecule has 2 fully saturated rings. The summed E-state index contributed by atoms with van der Waals surface area (Å²) in [5, 5.41) is 24.5. The van der Waals surface area contributed by atoms with Crippen LogP contribution in [0.25, 0.3) is 22.3 Å². The molecule has 0 unspecified atom stereocenters. The zero-order chi connectivity index (χ0) is 62.1. The van der Waals surface area contributed by atoms with Crippen molar-refractivity contribution in [3.8, 4) is 68.2 Å². The van der Waals surface area contributed by atoms with Crippen LogP contribution in [-0.2, 0) is 51.2 Å². The van der Waals surface area contributed by atoms with Gasteiger partial charge in [0.2, 0.25) is 46.9 Å². The number of methoxy groups -OCH3 is 6. The molecule has 0 aromatic heterocycles. The van der Waals surface area contributed by atoms with Crippen LogP contribution in [-0.4, -0.2) is 172 Å². The number of piperazine rings is 2. The summed E-state index contributed by atoms with van der Waals surface area (Å²) in [6, 6.07) is 13.9. The van der Waals surface area contributed by atoms with Crippen molar-refractivity contribution in [1.29, 1.82) is 0 Å². The molecule has 0 radical (unpaired) electrons. The molecule has 0 spiro atoms. The highest BCUT2D eigenvalue weighted by Gasteiger charge is 2.32. The number of benzene rings is 4. The molecular formula is C62H80N6O17. The van der Waals surface area contributed by atoms with Gasteiger partial charge < -0.3 is 73.6 Å². The van der Waals surface area contributed by atoms with E-state index in [0.29, 0.717) is 131 Å².